The van der Waals surface area contributed by atoms with Crippen LogP contribution in [0.25, 0.3) is 11.1 Å². The van der Waals surface area contributed by atoms with Crippen LogP contribution in [0.15, 0.2) is 12.4 Å². The summed E-state index contributed by atoms with van der Waals surface area (Å²) in [6.07, 6.45) is 1.60. The van der Waals surface area contributed by atoms with Gasteiger partial charge in [0, 0.05) is 11.8 Å². The average Bonchev–Trinajstić information content (AvgIpc) is 2.50. The lowest BCUT2D eigenvalue weighted by atomic mass is 9.99. The summed E-state index contributed by atoms with van der Waals surface area (Å²) < 4.78 is 71.8. The molecule has 2 rings (SSSR count). The van der Waals surface area contributed by atoms with E-state index in [9.17, 15) is 26.7 Å². The van der Waals surface area contributed by atoms with Crippen molar-refractivity contribution in [1.82, 2.24) is 4.98 Å². The van der Waals surface area contributed by atoms with E-state index in [-0.39, 0.29) is 0 Å². The third-order valence-electron chi connectivity index (χ3n) is 2.82. The highest BCUT2D eigenvalue weighted by molar-refractivity contribution is 5.98. The third-order valence-corrected chi connectivity index (χ3v) is 2.82. The van der Waals surface area contributed by atoms with Gasteiger partial charge in [-0.05, 0) is 0 Å². The minimum Gasteiger partial charge on any atom is -0.494 e. The van der Waals surface area contributed by atoms with Gasteiger partial charge in [-0.1, -0.05) is 0 Å². The molecule has 1 aromatic carbocycles. The fourth-order valence-electron chi connectivity index (χ4n) is 1.85. The van der Waals surface area contributed by atoms with Crippen molar-refractivity contribution >= 4 is 5.97 Å². The Morgan fingerprint density at radius 2 is 1.50 bits per heavy atom. The maximum absolute atomic E-state index is 13.8. The van der Waals surface area contributed by atoms with Crippen molar-refractivity contribution in [3.8, 4) is 16.9 Å². The Bertz CT molecular complexity index is 750. The number of methoxy groups -OCH3 is 1. The number of rotatable bonds is 3. The number of aromatic carboxylic acids is 1. The van der Waals surface area contributed by atoms with E-state index in [0.29, 0.717) is 6.20 Å². The molecular weight excluding hydrogens is 313 g/mol. The second-order valence-electron chi connectivity index (χ2n) is 4.01. The minimum atomic E-state index is -2.34. The molecule has 22 heavy (non-hydrogen) atoms. The smallest absolute Gasteiger partial charge is 0.340 e. The van der Waals surface area contributed by atoms with E-state index in [1.807, 2.05) is 0 Å². The molecule has 0 atom stereocenters. The second-order valence-corrected chi connectivity index (χ2v) is 4.01. The highest BCUT2D eigenvalue weighted by atomic mass is 19.2. The van der Waals surface area contributed by atoms with Gasteiger partial charge < -0.3 is 9.84 Å². The molecule has 0 bridgehead atoms. The zero-order chi connectivity index (χ0) is 16.6. The molecule has 0 fully saturated rings. The largest absolute Gasteiger partial charge is 0.494 e. The molecule has 0 amide bonds. The highest BCUT2D eigenvalue weighted by Crippen LogP contribution is 2.36. The molecule has 2 aromatic rings. The van der Waals surface area contributed by atoms with Gasteiger partial charge in [0.25, 0.3) is 0 Å². The van der Waals surface area contributed by atoms with Gasteiger partial charge in [0.05, 0.1) is 18.9 Å². The molecule has 1 aromatic heterocycles. The number of halogens is 5. The first kappa shape index (κ1) is 15.7. The maximum atomic E-state index is 13.8. The molecule has 4 nitrogen and oxygen atoms in total. The SMILES string of the molecule is COc1cncc(-c2c(F)c(F)c(F)c(F)c2F)c1C(=O)O. The highest BCUT2D eigenvalue weighted by Gasteiger charge is 2.30. The Hall–Kier alpha value is -2.71. The molecule has 1 heterocycles. The van der Waals surface area contributed by atoms with Gasteiger partial charge in [0.2, 0.25) is 5.82 Å². The van der Waals surface area contributed by atoms with Crippen LogP contribution in [0.4, 0.5) is 22.0 Å². The first-order valence-corrected chi connectivity index (χ1v) is 5.58. The lowest BCUT2D eigenvalue weighted by molar-refractivity contribution is 0.0694. The second kappa shape index (κ2) is 5.58. The van der Waals surface area contributed by atoms with Crippen LogP contribution in [-0.4, -0.2) is 23.2 Å². The van der Waals surface area contributed by atoms with Gasteiger partial charge in [0.15, 0.2) is 29.0 Å². The fourth-order valence-corrected chi connectivity index (χ4v) is 1.85. The Labute approximate surface area is 119 Å². The van der Waals surface area contributed by atoms with Crippen molar-refractivity contribution < 1.29 is 36.6 Å². The van der Waals surface area contributed by atoms with E-state index in [2.05, 4.69) is 9.72 Å². The maximum Gasteiger partial charge on any atom is 0.340 e. The molecule has 116 valence electrons. The molecule has 1 N–H and O–H groups in total. The zero-order valence-corrected chi connectivity index (χ0v) is 10.8. The third kappa shape index (κ3) is 2.24. The van der Waals surface area contributed by atoms with E-state index in [4.69, 9.17) is 5.11 Å². The van der Waals surface area contributed by atoms with E-state index in [0.717, 1.165) is 13.3 Å². The Morgan fingerprint density at radius 3 is 1.95 bits per heavy atom. The number of hydrogen-bond acceptors (Lipinski definition) is 3. The van der Waals surface area contributed by atoms with Gasteiger partial charge in [-0.3, -0.25) is 4.98 Å². The number of aromatic nitrogens is 1. The molecule has 9 heteroatoms. The molecule has 0 radical (unpaired) electrons. The van der Waals surface area contributed by atoms with E-state index in [1.54, 1.807) is 0 Å². The lowest BCUT2D eigenvalue weighted by Crippen LogP contribution is -2.09. The molecule has 0 unspecified atom stereocenters. The standard InChI is InChI=1S/C13H6F5NO3/c1-22-5-3-19-2-4(6(5)13(20)21)7-8(14)10(16)12(18)11(17)9(7)15/h2-3H,1H3,(H,20,21). The van der Waals surface area contributed by atoms with Gasteiger partial charge in [-0.15, -0.1) is 0 Å². The summed E-state index contributed by atoms with van der Waals surface area (Å²) in [5.41, 5.74) is -2.96. The average molecular weight is 319 g/mol. The van der Waals surface area contributed by atoms with Crippen LogP contribution in [0.1, 0.15) is 10.4 Å². The summed E-state index contributed by atoms with van der Waals surface area (Å²) in [5.74, 6) is -13.1. The molecule has 0 aliphatic carbocycles. The number of carboxylic acid groups (broad SMARTS) is 1. The van der Waals surface area contributed by atoms with Crippen LogP contribution >= 0.6 is 0 Å². The number of carbonyl (C=O) groups is 1. The van der Waals surface area contributed by atoms with E-state index >= 15 is 0 Å². The van der Waals surface area contributed by atoms with E-state index in [1.165, 1.54) is 0 Å². The van der Waals surface area contributed by atoms with Crippen LogP contribution < -0.4 is 4.74 Å². The number of hydrogen-bond donors (Lipinski definition) is 1. The van der Waals surface area contributed by atoms with Gasteiger partial charge in [-0.2, -0.15) is 0 Å². The quantitative estimate of drug-likeness (QED) is 0.536. The van der Waals surface area contributed by atoms with Crippen LogP contribution in [-0.2, 0) is 0 Å². The first-order chi connectivity index (χ1) is 10.3. The summed E-state index contributed by atoms with van der Waals surface area (Å²) in [6.45, 7) is 0. The summed E-state index contributed by atoms with van der Waals surface area (Å²) in [7, 11) is 1.06. The monoisotopic (exact) mass is 319 g/mol. The van der Waals surface area contributed by atoms with Gasteiger partial charge >= 0.3 is 5.97 Å². The lowest BCUT2D eigenvalue weighted by Gasteiger charge is -2.12. The topological polar surface area (TPSA) is 59.4 Å². The van der Waals surface area contributed by atoms with Crippen molar-refractivity contribution in [2.24, 2.45) is 0 Å². The molecule has 0 spiro atoms. The number of pyridine rings is 1. The predicted octanol–water partition coefficient (Wildman–Crippen LogP) is 3.15. The van der Waals surface area contributed by atoms with Crippen LogP contribution in [0.2, 0.25) is 0 Å². The van der Waals surface area contributed by atoms with Crippen molar-refractivity contribution in [2.75, 3.05) is 7.11 Å². The van der Waals surface area contributed by atoms with E-state index < -0.39 is 57.5 Å². The number of ether oxygens (including phenoxy) is 1. The number of carboxylic acids is 1. The molecule has 0 aliphatic heterocycles. The first-order valence-electron chi connectivity index (χ1n) is 5.58. The molecule has 0 saturated carbocycles. The van der Waals surface area contributed by atoms with Crippen molar-refractivity contribution in [2.45, 2.75) is 0 Å². The normalized spacial score (nSPS) is 10.6. The zero-order valence-electron chi connectivity index (χ0n) is 10.8. The molecule has 0 aliphatic rings. The summed E-state index contributed by atoms with van der Waals surface area (Å²) in [6, 6.07) is 0. The summed E-state index contributed by atoms with van der Waals surface area (Å²) >= 11 is 0. The Morgan fingerprint density at radius 1 is 1.00 bits per heavy atom. The predicted molar refractivity (Wildman–Crippen MR) is 63.0 cm³/mol. The number of nitrogens with zero attached hydrogens (tertiary/aromatic N) is 1. The van der Waals surface area contributed by atoms with Crippen molar-refractivity contribution in [3.05, 3.63) is 47.0 Å². The van der Waals surface area contributed by atoms with Crippen LogP contribution in [0, 0.1) is 29.1 Å². The van der Waals surface area contributed by atoms with Gasteiger partial charge in [0.1, 0.15) is 5.56 Å². The number of benzene rings is 1. The minimum absolute atomic E-state index is 0.394. The molecule has 0 saturated heterocycles. The summed E-state index contributed by atoms with van der Waals surface area (Å²) in [4.78, 5) is 14.7. The Balaban J connectivity index is 2.93. The molecular formula is C13H6F5NO3. The fraction of sp³-hybridized carbons (Fsp3) is 0.0769. The van der Waals surface area contributed by atoms with Gasteiger partial charge in [-0.25, -0.2) is 26.7 Å². The summed E-state index contributed by atoms with van der Waals surface area (Å²) in [5, 5.41) is 9.10. The van der Waals surface area contributed by atoms with Crippen LogP contribution in [0.5, 0.6) is 5.75 Å². The Kier molecular flexibility index (Phi) is 3.98. The van der Waals surface area contributed by atoms with Crippen molar-refractivity contribution in [3.63, 3.8) is 0 Å². The van der Waals surface area contributed by atoms with Crippen molar-refractivity contribution in [1.29, 1.82) is 0 Å². The van der Waals surface area contributed by atoms with Crippen LogP contribution in [0.3, 0.4) is 0 Å².